The highest BCUT2D eigenvalue weighted by Gasteiger charge is 2.46. The molecule has 1 aromatic heterocycles. The third kappa shape index (κ3) is 20.6. The van der Waals surface area contributed by atoms with Gasteiger partial charge in [-0.1, -0.05) is 104 Å². The molecule has 262 valence electrons. The topological polar surface area (TPSA) is 110 Å². The molecule has 1 aromatic rings. The number of hydrogen-bond donors (Lipinski definition) is 0. The lowest BCUT2D eigenvalue weighted by Crippen LogP contribution is -2.32. The van der Waals surface area contributed by atoms with Crippen molar-refractivity contribution in [2.24, 2.45) is 0 Å². The number of nitrogens with zero attached hydrogens (tertiary/aromatic N) is 3. The summed E-state index contributed by atoms with van der Waals surface area (Å²) in [4.78, 5) is 0. The summed E-state index contributed by atoms with van der Waals surface area (Å²) < 4.78 is 125. The zero-order chi connectivity index (χ0) is 33.5. The van der Waals surface area contributed by atoms with Crippen LogP contribution in [0.25, 0.3) is 4.13 Å². The SMILES string of the molecule is CCCCCCCCCCOCn1cc[n+](COCCCCCCCCCC)c1.O=S(=O)([N-]S(=O)(=O)C(F)(F)F)C(F)(F)F. The number of aromatic nitrogens is 2. The molecule has 0 aliphatic heterocycles. The minimum absolute atomic E-state index is 0.640. The Kier molecular flexibility index (Phi) is 22.2. The molecule has 1 rings (SSSR count). The zero-order valence-electron chi connectivity index (χ0n) is 25.7. The Balaban J connectivity index is 0.00000104. The lowest BCUT2D eigenvalue weighted by Gasteiger charge is -2.22. The molecule has 44 heavy (non-hydrogen) atoms. The van der Waals surface area contributed by atoms with Gasteiger partial charge in [-0.05, 0) is 12.8 Å². The maximum absolute atomic E-state index is 11.4. The van der Waals surface area contributed by atoms with Crippen molar-refractivity contribution < 1.29 is 57.2 Å². The van der Waals surface area contributed by atoms with Crippen molar-refractivity contribution in [3.8, 4) is 0 Å². The molecule has 0 radical (unpaired) electrons. The van der Waals surface area contributed by atoms with Crippen LogP contribution in [0.5, 0.6) is 0 Å². The summed E-state index contributed by atoms with van der Waals surface area (Å²) in [6.07, 6.45) is 27.7. The standard InChI is InChI=1S/C25H49N2O2.C2F6NO4S2/c1-3-5-7-9-11-13-15-17-21-28-24-26-19-20-27(23-26)25-29-22-18-16-14-12-10-8-6-4-2;3-1(4,5)14(10,11)9-15(12,13)2(6,7)8/h19-20,23H,3-18,21-22,24-25H2,1-2H3;/q+1;-1. The van der Waals surface area contributed by atoms with Gasteiger partial charge in [-0.2, -0.15) is 26.3 Å². The van der Waals surface area contributed by atoms with Gasteiger partial charge >= 0.3 is 11.0 Å². The fourth-order valence-electron chi connectivity index (χ4n) is 3.82. The zero-order valence-corrected chi connectivity index (χ0v) is 27.4. The molecule has 1 heterocycles. The fourth-order valence-corrected chi connectivity index (χ4v) is 5.53. The van der Waals surface area contributed by atoms with Gasteiger partial charge in [-0.25, -0.2) is 26.0 Å². The van der Waals surface area contributed by atoms with Gasteiger partial charge in [0, 0.05) is 0 Å². The number of alkyl halides is 6. The van der Waals surface area contributed by atoms with E-state index in [-0.39, 0.29) is 0 Å². The van der Waals surface area contributed by atoms with Gasteiger partial charge in [-0.15, -0.1) is 0 Å². The lowest BCUT2D eigenvalue weighted by atomic mass is 10.1. The first-order chi connectivity index (χ1) is 20.6. The predicted octanol–water partition coefficient (Wildman–Crippen LogP) is 8.06. The van der Waals surface area contributed by atoms with Crippen molar-refractivity contribution in [2.45, 2.75) is 141 Å². The predicted molar refractivity (Wildman–Crippen MR) is 155 cm³/mol. The number of ether oxygens (including phenoxy) is 2. The van der Waals surface area contributed by atoms with Gasteiger partial charge < -0.3 is 13.6 Å². The molecular weight excluding hydrogens is 640 g/mol. The lowest BCUT2D eigenvalue weighted by molar-refractivity contribution is -0.732. The first kappa shape index (κ1) is 42.6. The van der Waals surface area contributed by atoms with E-state index in [1.807, 2.05) is 0 Å². The van der Waals surface area contributed by atoms with E-state index in [2.05, 4.69) is 41.7 Å². The largest absolute Gasteiger partial charge is 0.480 e. The number of halogens is 6. The van der Waals surface area contributed by atoms with Crippen LogP contribution in [0.1, 0.15) is 117 Å². The summed E-state index contributed by atoms with van der Waals surface area (Å²) in [5.74, 6) is 0. The minimum Gasteiger partial charge on any atom is -0.421 e. The van der Waals surface area contributed by atoms with E-state index in [4.69, 9.17) is 9.47 Å². The van der Waals surface area contributed by atoms with Crippen molar-refractivity contribution >= 4 is 20.0 Å². The van der Waals surface area contributed by atoms with E-state index < -0.39 is 31.1 Å². The first-order valence-electron chi connectivity index (χ1n) is 15.1. The molecule has 0 unspecified atom stereocenters. The normalized spacial score (nSPS) is 12.7. The third-order valence-corrected chi connectivity index (χ3v) is 9.03. The van der Waals surface area contributed by atoms with Crippen LogP contribution in [-0.4, -0.2) is 45.6 Å². The monoisotopic (exact) mass is 689 g/mol. The van der Waals surface area contributed by atoms with E-state index in [1.165, 1.54) is 103 Å². The maximum Gasteiger partial charge on any atom is 0.480 e. The molecule has 0 atom stereocenters. The molecule has 0 spiro atoms. The van der Waals surface area contributed by atoms with Gasteiger partial charge in [0.2, 0.25) is 6.33 Å². The Bertz CT molecular complexity index is 984. The average molecular weight is 690 g/mol. The van der Waals surface area contributed by atoms with Crippen LogP contribution in [0, 0.1) is 0 Å². The molecule has 0 bridgehead atoms. The minimum atomic E-state index is -6.72. The Morgan fingerprint density at radius 1 is 0.636 bits per heavy atom. The Morgan fingerprint density at radius 3 is 1.43 bits per heavy atom. The van der Waals surface area contributed by atoms with Gasteiger partial charge in [0.15, 0.2) is 33.5 Å². The molecule has 9 nitrogen and oxygen atoms in total. The molecule has 0 aliphatic carbocycles. The number of unbranched alkanes of at least 4 members (excludes halogenated alkanes) is 14. The smallest absolute Gasteiger partial charge is 0.421 e. The van der Waals surface area contributed by atoms with E-state index in [0.717, 1.165) is 17.3 Å². The van der Waals surface area contributed by atoms with Crippen LogP contribution in [-0.2, 0) is 43.0 Å². The number of hydrogen-bond acceptors (Lipinski definition) is 6. The van der Waals surface area contributed by atoms with Crippen molar-refractivity contribution in [1.82, 2.24) is 4.57 Å². The van der Waals surface area contributed by atoms with Gasteiger partial charge in [0.1, 0.15) is 12.4 Å². The highest BCUT2D eigenvalue weighted by atomic mass is 32.3. The summed E-state index contributed by atoms with van der Waals surface area (Å²) in [6.45, 7) is 7.55. The van der Waals surface area contributed by atoms with Crippen molar-refractivity contribution in [1.29, 1.82) is 0 Å². The van der Waals surface area contributed by atoms with E-state index in [0.29, 0.717) is 13.5 Å². The number of imidazole rings is 1. The van der Waals surface area contributed by atoms with Crippen LogP contribution >= 0.6 is 0 Å². The van der Waals surface area contributed by atoms with Gasteiger partial charge in [0.25, 0.3) is 0 Å². The van der Waals surface area contributed by atoms with Crippen LogP contribution in [0.3, 0.4) is 0 Å². The Hall–Kier alpha value is -1.43. The van der Waals surface area contributed by atoms with Crippen LogP contribution < -0.4 is 4.57 Å². The van der Waals surface area contributed by atoms with Crippen LogP contribution in [0.15, 0.2) is 18.7 Å². The van der Waals surface area contributed by atoms with Crippen LogP contribution in [0.2, 0.25) is 0 Å². The first-order valence-corrected chi connectivity index (χ1v) is 18.0. The highest BCUT2D eigenvalue weighted by Crippen LogP contribution is 2.36. The van der Waals surface area contributed by atoms with Crippen molar-refractivity contribution in [3.63, 3.8) is 0 Å². The number of sulfonamides is 2. The summed E-state index contributed by atoms with van der Waals surface area (Å²) in [5.41, 5.74) is -12.4. The highest BCUT2D eigenvalue weighted by molar-refractivity contribution is 8.13. The second-order valence-corrected chi connectivity index (χ2v) is 13.8. The van der Waals surface area contributed by atoms with Crippen molar-refractivity contribution in [3.05, 3.63) is 22.8 Å². The molecule has 0 fully saturated rings. The Labute approximate surface area is 258 Å². The summed E-state index contributed by atoms with van der Waals surface area (Å²) >= 11 is 0. The number of rotatable bonds is 24. The summed E-state index contributed by atoms with van der Waals surface area (Å²) in [6, 6.07) is 0. The van der Waals surface area contributed by atoms with E-state index in [9.17, 15) is 43.2 Å². The molecule has 0 aliphatic rings. The Morgan fingerprint density at radius 2 is 1.02 bits per heavy atom. The molecule has 0 saturated heterocycles. The maximum atomic E-state index is 11.4. The molecule has 0 aromatic carbocycles. The van der Waals surface area contributed by atoms with E-state index >= 15 is 0 Å². The second-order valence-electron chi connectivity index (χ2n) is 10.4. The third-order valence-electron chi connectivity index (χ3n) is 6.29. The average Bonchev–Trinajstić information content (AvgIpc) is 3.37. The second kappa shape index (κ2) is 23.0. The van der Waals surface area contributed by atoms with Crippen LogP contribution in [0.4, 0.5) is 26.3 Å². The molecule has 17 heteroatoms. The van der Waals surface area contributed by atoms with Crippen molar-refractivity contribution in [2.75, 3.05) is 13.2 Å². The van der Waals surface area contributed by atoms with Gasteiger partial charge in [-0.3, -0.25) is 0 Å². The molecule has 0 saturated carbocycles. The fraction of sp³-hybridized carbons (Fsp3) is 0.889. The molecule has 0 N–H and O–H groups in total. The molecule has 0 amide bonds. The van der Waals surface area contributed by atoms with E-state index in [1.54, 1.807) is 0 Å². The van der Waals surface area contributed by atoms with Gasteiger partial charge in [0.05, 0.1) is 13.2 Å². The summed E-state index contributed by atoms with van der Waals surface area (Å²) in [7, 11) is -13.4. The summed E-state index contributed by atoms with van der Waals surface area (Å²) in [5, 5.41) is 0. The molecular formula is C27H49F6N3O6S2. The quantitative estimate of drug-likeness (QED) is 0.0617.